The van der Waals surface area contributed by atoms with Crippen molar-refractivity contribution in [1.29, 1.82) is 0 Å². The molecule has 9 heteroatoms. The summed E-state index contributed by atoms with van der Waals surface area (Å²) in [7, 11) is -4.06. The molecule has 25 heavy (non-hydrogen) atoms. The van der Waals surface area contributed by atoms with Crippen LogP contribution in [0, 0.1) is 11.6 Å². The largest absolute Gasteiger partial charge is 0.325 e. The first kappa shape index (κ1) is 18.5. The Balaban J connectivity index is 1.92. The van der Waals surface area contributed by atoms with Gasteiger partial charge < -0.3 is 10.6 Å². The van der Waals surface area contributed by atoms with Gasteiger partial charge in [-0.05, 0) is 36.4 Å². The molecular weight excluding hydrogens is 354 g/mol. The van der Waals surface area contributed by atoms with Crippen molar-refractivity contribution in [2.24, 2.45) is 0 Å². The number of nitrogens with one attached hydrogen (secondary N) is 2. The van der Waals surface area contributed by atoms with Gasteiger partial charge >= 0.3 is 0 Å². The van der Waals surface area contributed by atoms with Crippen LogP contribution in [0.3, 0.4) is 0 Å². The number of hydrogen-bond acceptors (Lipinski definition) is 4. The maximum absolute atomic E-state index is 13.4. The summed E-state index contributed by atoms with van der Waals surface area (Å²) >= 11 is 0. The number of halogens is 2. The van der Waals surface area contributed by atoms with E-state index in [9.17, 15) is 26.8 Å². The number of carbonyl (C=O) groups excluding carboxylic acids is 2. The molecule has 0 aliphatic heterocycles. The Kier molecular flexibility index (Phi) is 5.81. The summed E-state index contributed by atoms with van der Waals surface area (Å²) in [6.45, 7) is 0. The molecule has 2 N–H and O–H groups in total. The van der Waals surface area contributed by atoms with E-state index in [2.05, 4.69) is 10.6 Å². The van der Waals surface area contributed by atoms with Crippen molar-refractivity contribution in [3.05, 3.63) is 60.2 Å². The van der Waals surface area contributed by atoms with E-state index in [0.29, 0.717) is 0 Å². The molecule has 2 rings (SSSR count). The van der Waals surface area contributed by atoms with E-state index >= 15 is 0 Å². The quantitative estimate of drug-likeness (QED) is 0.815. The lowest BCUT2D eigenvalue weighted by atomic mass is 10.3. The van der Waals surface area contributed by atoms with E-state index in [0.717, 1.165) is 18.2 Å². The molecule has 2 aromatic rings. The molecule has 0 fully saturated rings. The Morgan fingerprint density at radius 2 is 1.40 bits per heavy atom. The first-order chi connectivity index (χ1) is 11.7. The van der Waals surface area contributed by atoms with Gasteiger partial charge in [0, 0.05) is 5.69 Å². The zero-order chi connectivity index (χ0) is 18.4. The van der Waals surface area contributed by atoms with Crippen molar-refractivity contribution in [3.8, 4) is 0 Å². The average Bonchev–Trinajstić information content (AvgIpc) is 2.50. The molecule has 2 aromatic carbocycles. The molecule has 0 aliphatic carbocycles. The fraction of sp³-hybridized carbons (Fsp3) is 0.125. The fourth-order valence-corrected chi connectivity index (χ4v) is 2.98. The number of carbonyl (C=O) groups is 2. The van der Waals surface area contributed by atoms with Gasteiger partial charge in [-0.1, -0.05) is 12.1 Å². The third kappa shape index (κ3) is 5.96. The van der Waals surface area contributed by atoms with Gasteiger partial charge in [0.05, 0.1) is 5.69 Å². The molecule has 2 amide bonds. The van der Waals surface area contributed by atoms with Crippen LogP contribution in [0.2, 0.25) is 0 Å². The van der Waals surface area contributed by atoms with Gasteiger partial charge in [0.15, 0.2) is 9.84 Å². The van der Waals surface area contributed by atoms with Crippen molar-refractivity contribution in [2.45, 2.75) is 0 Å². The monoisotopic (exact) mass is 368 g/mol. The third-order valence-electron chi connectivity index (χ3n) is 2.98. The van der Waals surface area contributed by atoms with Gasteiger partial charge in [-0.15, -0.1) is 0 Å². The minimum Gasteiger partial charge on any atom is -0.325 e. The van der Waals surface area contributed by atoms with Crippen molar-refractivity contribution in [1.82, 2.24) is 0 Å². The topological polar surface area (TPSA) is 92.3 Å². The molecule has 0 atom stereocenters. The maximum atomic E-state index is 13.4. The second-order valence-electron chi connectivity index (χ2n) is 5.12. The Labute approximate surface area is 142 Å². The normalized spacial score (nSPS) is 11.0. The van der Waals surface area contributed by atoms with Crippen molar-refractivity contribution < 1.29 is 26.8 Å². The molecule has 132 valence electrons. The summed E-state index contributed by atoms with van der Waals surface area (Å²) in [5.41, 5.74) is 0.0656. The molecule has 0 saturated carbocycles. The van der Waals surface area contributed by atoms with Gasteiger partial charge in [-0.25, -0.2) is 17.2 Å². The minimum atomic E-state index is -4.06. The Hall–Kier alpha value is -2.81. The number of rotatable bonds is 6. The predicted molar refractivity (Wildman–Crippen MR) is 88.7 cm³/mol. The Morgan fingerprint density at radius 1 is 0.840 bits per heavy atom. The number of benzene rings is 2. The Bertz CT molecular complexity index is 883. The summed E-state index contributed by atoms with van der Waals surface area (Å²) in [6.07, 6.45) is 0. The lowest BCUT2D eigenvalue weighted by molar-refractivity contribution is -0.114. The highest BCUT2D eigenvalue weighted by atomic mass is 32.2. The average molecular weight is 368 g/mol. The highest BCUT2D eigenvalue weighted by Gasteiger charge is 2.21. The first-order valence-electron chi connectivity index (χ1n) is 7.05. The molecule has 6 nitrogen and oxygen atoms in total. The third-order valence-corrected chi connectivity index (χ3v) is 4.38. The summed E-state index contributed by atoms with van der Waals surface area (Å²) in [5.74, 6) is -4.95. The van der Waals surface area contributed by atoms with Crippen LogP contribution >= 0.6 is 0 Å². The van der Waals surface area contributed by atoms with Gasteiger partial charge in [-0.2, -0.15) is 0 Å². The van der Waals surface area contributed by atoms with E-state index in [-0.39, 0.29) is 11.4 Å². The van der Waals surface area contributed by atoms with E-state index in [1.54, 1.807) is 0 Å². The van der Waals surface area contributed by atoms with E-state index in [1.165, 1.54) is 30.3 Å². The van der Waals surface area contributed by atoms with Gasteiger partial charge in [0.25, 0.3) is 0 Å². The zero-order valence-electron chi connectivity index (χ0n) is 12.8. The zero-order valence-corrected chi connectivity index (χ0v) is 13.6. The predicted octanol–water partition coefficient (Wildman–Crippen LogP) is 1.96. The molecule has 0 saturated heterocycles. The smallest absolute Gasteiger partial charge is 0.239 e. The molecule has 0 aromatic heterocycles. The van der Waals surface area contributed by atoms with Crippen LogP contribution in [0.25, 0.3) is 0 Å². The number of para-hydroxylation sites is 1. The molecule has 0 radical (unpaired) electrons. The molecular formula is C16H14F2N2O4S. The minimum absolute atomic E-state index is 0.154. The summed E-state index contributed by atoms with van der Waals surface area (Å²) in [4.78, 5) is 23.5. The number of amides is 2. The molecule has 0 bridgehead atoms. The van der Waals surface area contributed by atoms with E-state index in [1.807, 2.05) is 0 Å². The summed E-state index contributed by atoms with van der Waals surface area (Å²) in [6, 6.07) is 10.0. The highest BCUT2D eigenvalue weighted by molar-refractivity contribution is 7.92. The van der Waals surface area contributed by atoms with Crippen molar-refractivity contribution in [2.75, 3.05) is 22.1 Å². The maximum Gasteiger partial charge on any atom is 0.239 e. The van der Waals surface area contributed by atoms with Crippen molar-refractivity contribution in [3.63, 3.8) is 0 Å². The number of sulfone groups is 1. The van der Waals surface area contributed by atoms with Crippen LogP contribution in [0.1, 0.15) is 0 Å². The second-order valence-corrected chi connectivity index (χ2v) is 7.18. The first-order valence-corrected chi connectivity index (χ1v) is 8.87. The van der Waals surface area contributed by atoms with Crippen LogP contribution in [0.4, 0.5) is 20.2 Å². The SMILES string of the molecule is O=C(CS(=O)(=O)CC(=O)Nc1ccccc1F)Nc1ccc(F)cc1. The summed E-state index contributed by atoms with van der Waals surface area (Å²) < 4.78 is 50.0. The number of hydrogen-bond donors (Lipinski definition) is 2. The van der Waals surface area contributed by atoms with Crippen LogP contribution in [0.5, 0.6) is 0 Å². The van der Waals surface area contributed by atoms with Crippen LogP contribution < -0.4 is 10.6 Å². The summed E-state index contributed by atoms with van der Waals surface area (Å²) in [5, 5.41) is 4.41. The van der Waals surface area contributed by atoms with E-state index < -0.39 is 44.8 Å². The van der Waals surface area contributed by atoms with Gasteiger partial charge in [-0.3, -0.25) is 9.59 Å². The Morgan fingerprint density at radius 3 is 2.00 bits per heavy atom. The molecule has 0 unspecified atom stereocenters. The van der Waals surface area contributed by atoms with Crippen LogP contribution in [-0.4, -0.2) is 31.7 Å². The molecule has 0 spiro atoms. The second kappa shape index (κ2) is 7.84. The van der Waals surface area contributed by atoms with E-state index in [4.69, 9.17) is 0 Å². The van der Waals surface area contributed by atoms with Crippen LogP contribution in [-0.2, 0) is 19.4 Å². The van der Waals surface area contributed by atoms with Gasteiger partial charge in [0.1, 0.15) is 23.1 Å². The lowest BCUT2D eigenvalue weighted by Gasteiger charge is -2.08. The standard InChI is InChI=1S/C16H14F2N2O4S/c17-11-5-7-12(8-6-11)19-15(21)9-25(23,24)10-16(22)20-14-4-2-1-3-13(14)18/h1-8H,9-10H2,(H,19,21)(H,20,22). The number of anilines is 2. The van der Waals surface area contributed by atoms with Crippen molar-refractivity contribution >= 4 is 33.0 Å². The van der Waals surface area contributed by atoms with Crippen LogP contribution in [0.15, 0.2) is 48.5 Å². The van der Waals surface area contributed by atoms with Gasteiger partial charge in [0.2, 0.25) is 11.8 Å². The fourth-order valence-electron chi connectivity index (χ4n) is 1.93. The molecule has 0 aliphatic rings. The highest BCUT2D eigenvalue weighted by Crippen LogP contribution is 2.12. The molecule has 0 heterocycles. The lowest BCUT2D eigenvalue weighted by Crippen LogP contribution is -2.30.